The second kappa shape index (κ2) is 10.7. The van der Waals surface area contributed by atoms with E-state index in [-0.39, 0.29) is 36.6 Å². The predicted octanol–water partition coefficient (Wildman–Crippen LogP) is 3.50. The van der Waals surface area contributed by atoms with Crippen molar-refractivity contribution in [3.8, 4) is 0 Å². The topological polar surface area (TPSA) is 93.2 Å². The molecule has 0 spiro atoms. The van der Waals surface area contributed by atoms with Crippen molar-refractivity contribution in [2.75, 3.05) is 13.1 Å². The maximum atomic E-state index is 13.0. The minimum Gasteiger partial charge on any atom is -0.458 e. The SMILES string of the molecule is CC(C)(C)OC(=O)[C@H]1CCCN1C(=O)Cc1ccc(CC(=O)N2CCC[C@@H]2C(=O)OC(C)(C)C)s1. The number of hydrogen-bond acceptors (Lipinski definition) is 7. The molecule has 9 heteroatoms. The second-order valence-corrected chi connectivity index (χ2v) is 12.5. The number of ether oxygens (including phenoxy) is 2. The summed E-state index contributed by atoms with van der Waals surface area (Å²) in [5.74, 6) is -0.929. The highest BCUT2D eigenvalue weighted by Gasteiger charge is 2.38. The van der Waals surface area contributed by atoms with E-state index in [0.717, 1.165) is 22.6 Å². The molecule has 2 aliphatic heterocycles. The van der Waals surface area contributed by atoms with Gasteiger partial charge in [0.25, 0.3) is 0 Å². The highest BCUT2D eigenvalue weighted by molar-refractivity contribution is 7.12. The first-order chi connectivity index (χ1) is 16.2. The second-order valence-electron chi connectivity index (χ2n) is 11.3. The third-order valence-corrected chi connectivity index (χ3v) is 6.96. The van der Waals surface area contributed by atoms with E-state index in [0.29, 0.717) is 25.9 Å². The van der Waals surface area contributed by atoms with E-state index in [1.165, 1.54) is 11.3 Å². The molecule has 3 rings (SSSR count). The average molecular weight is 507 g/mol. The highest BCUT2D eigenvalue weighted by atomic mass is 32.1. The highest BCUT2D eigenvalue weighted by Crippen LogP contribution is 2.26. The minimum absolute atomic E-state index is 0.109. The fourth-order valence-electron chi connectivity index (χ4n) is 4.47. The normalized spacial score (nSPS) is 20.7. The van der Waals surface area contributed by atoms with E-state index in [1.807, 2.05) is 53.7 Å². The van der Waals surface area contributed by atoms with Gasteiger partial charge in [-0.3, -0.25) is 9.59 Å². The molecule has 0 aliphatic carbocycles. The molecule has 1 aromatic heterocycles. The van der Waals surface area contributed by atoms with Crippen LogP contribution in [0, 0.1) is 0 Å². The van der Waals surface area contributed by atoms with Gasteiger partial charge in [-0.15, -0.1) is 11.3 Å². The van der Waals surface area contributed by atoms with Gasteiger partial charge in [0.1, 0.15) is 23.3 Å². The van der Waals surface area contributed by atoms with Gasteiger partial charge in [-0.2, -0.15) is 0 Å². The van der Waals surface area contributed by atoms with Crippen LogP contribution in [-0.4, -0.2) is 69.9 Å². The molecular formula is C26H38N2O6S. The Balaban J connectivity index is 1.57. The molecule has 35 heavy (non-hydrogen) atoms. The summed E-state index contributed by atoms with van der Waals surface area (Å²) in [4.78, 5) is 55.9. The molecule has 2 fully saturated rings. The number of amides is 2. The molecule has 194 valence electrons. The van der Waals surface area contributed by atoms with Crippen molar-refractivity contribution in [3.63, 3.8) is 0 Å². The maximum Gasteiger partial charge on any atom is 0.329 e. The van der Waals surface area contributed by atoms with Crippen molar-refractivity contribution in [2.24, 2.45) is 0 Å². The van der Waals surface area contributed by atoms with Gasteiger partial charge in [-0.05, 0) is 79.4 Å². The number of esters is 2. The summed E-state index contributed by atoms with van der Waals surface area (Å²) in [5.41, 5.74) is -1.19. The zero-order valence-electron chi connectivity index (χ0n) is 21.7. The molecule has 2 atom stereocenters. The van der Waals surface area contributed by atoms with Crippen LogP contribution in [0.5, 0.6) is 0 Å². The fraction of sp³-hybridized carbons (Fsp3) is 0.692. The molecule has 0 aromatic carbocycles. The molecule has 0 saturated carbocycles. The monoisotopic (exact) mass is 506 g/mol. The van der Waals surface area contributed by atoms with Crippen LogP contribution in [0.1, 0.15) is 77.0 Å². The van der Waals surface area contributed by atoms with E-state index in [2.05, 4.69) is 0 Å². The third kappa shape index (κ3) is 7.53. The van der Waals surface area contributed by atoms with E-state index in [1.54, 1.807) is 9.80 Å². The molecule has 3 heterocycles. The lowest BCUT2D eigenvalue weighted by Crippen LogP contribution is -2.44. The van der Waals surface area contributed by atoms with Crippen LogP contribution in [-0.2, 0) is 41.5 Å². The van der Waals surface area contributed by atoms with Crippen LogP contribution < -0.4 is 0 Å². The molecule has 8 nitrogen and oxygen atoms in total. The Morgan fingerprint density at radius 2 is 1.14 bits per heavy atom. The molecule has 0 bridgehead atoms. The van der Waals surface area contributed by atoms with Gasteiger partial charge >= 0.3 is 11.9 Å². The predicted molar refractivity (Wildman–Crippen MR) is 133 cm³/mol. The lowest BCUT2D eigenvalue weighted by molar-refractivity contribution is -0.163. The standard InChI is InChI=1S/C26H38N2O6S/c1-25(2,3)33-23(31)19-9-7-13-27(19)21(29)15-17-11-12-18(35-17)16-22(30)28-14-8-10-20(28)24(32)34-26(4,5)6/h11-12,19-20H,7-10,13-16H2,1-6H3/t19-,20-/m1/s1. The van der Waals surface area contributed by atoms with E-state index in [4.69, 9.17) is 9.47 Å². The van der Waals surface area contributed by atoms with Crippen molar-refractivity contribution in [3.05, 3.63) is 21.9 Å². The van der Waals surface area contributed by atoms with Gasteiger partial charge in [0, 0.05) is 22.8 Å². The zero-order valence-corrected chi connectivity index (χ0v) is 22.5. The van der Waals surface area contributed by atoms with E-state index in [9.17, 15) is 19.2 Å². The van der Waals surface area contributed by atoms with E-state index < -0.39 is 23.3 Å². The van der Waals surface area contributed by atoms with Gasteiger partial charge in [-0.1, -0.05) is 0 Å². The number of likely N-dealkylation sites (tertiary alicyclic amines) is 2. The van der Waals surface area contributed by atoms with Crippen LogP contribution >= 0.6 is 11.3 Å². The van der Waals surface area contributed by atoms with Gasteiger partial charge in [0.2, 0.25) is 11.8 Å². The van der Waals surface area contributed by atoms with Crippen LogP contribution in [0.2, 0.25) is 0 Å². The number of carbonyl (C=O) groups is 4. The number of thiophene rings is 1. The number of carbonyl (C=O) groups excluding carboxylic acids is 4. The molecular weight excluding hydrogens is 468 g/mol. The lowest BCUT2D eigenvalue weighted by atomic mass is 10.1. The van der Waals surface area contributed by atoms with Crippen molar-refractivity contribution in [2.45, 2.75) is 103 Å². The summed E-state index contributed by atoms with van der Waals surface area (Å²) < 4.78 is 11.0. The Morgan fingerprint density at radius 1 is 0.771 bits per heavy atom. The summed E-state index contributed by atoms with van der Waals surface area (Å²) in [5, 5.41) is 0. The first-order valence-electron chi connectivity index (χ1n) is 12.4. The van der Waals surface area contributed by atoms with Crippen LogP contribution in [0.4, 0.5) is 0 Å². The fourth-order valence-corrected chi connectivity index (χ4v) is 5.47. The average Bonchev–Trinajstić information content (AvgIpc) is 3.45. The van der Waals surface area contributed by atoms with Crippen LogP contribution in [0.3, 0.4) is 0 Å². The molecule has 1 aromatic rings. The lowest BCUT2D eigenvalue weighted by Gasteiger charge is -2.27. The third-order valence-electron chi connectivity index (χ3n) is 5.87. The van der Waals surface area contributed by atoms with Crippen molar-refractivity contribution in [1.82, 2.24) is 9.80 Å². The van der Waals surface area contributed by atoms with Crippen LogP contribution in [0.15, 0.2) is 12.1 Å². The molecule has 2 saturated heterocycles. The van der Waals surface area contributed by atoms with Gasteiger partial charge in [-0.25, -0.2) is 9.59 Å². The molecule has 0 unspecified atom stereocenters. The van der Waals surface area contributed by atoms with E-state index >= 15 is 0 Å². The Labute approximate surface area is 211 Å². The Morgan fingerprint density at radius 3 is 1.49 bits per heavy atom. The van der Waals surface area contributed by atoms with Crippen molar-refractivity contribution in [1.29, 1.82) is 0 Å². The zero-order chi connectivity index (χ0) is 26.0. The van der Waals surface area contributed by atoms with Crippen molar-refractivity contribution < 1.29 is 28.7 Å². The van der Waals surface area contributed by atoms with Gasteiger partial charge in [0.15, 0.2) is 0 Å². The first-order valence-corrected chi connectivity index (χ1v) is 13.2. The molecule has 0 radical (unpaired) electrons. The molecule has 2 aliphatic rings. The van der Waals surface area contributed by atoms with Gasteiger partial charge in [0.05, 0.1) is 12.8 Å². The maximum absolute atomic E-state index is 13.0. The first kappa shape index (κ1) is 27.2. The molecule has 2 amide bonds. The minimum atomic E-state index is -0.596. The Hall–Kier alpha value is -2.42. The number of rotatable bonds is 6. The molecule has 0 N–H and O–H groups in total. The summed E-state index contributed by atoms with van der Waals surface area (Å²) >= 11 is 1.42. The smallest absolute Gasteiger partial charge is 0.329 e. The Bertz CT molecular complexity index is 883. The number of hydrogen-bond donors (Lipinski definition) is 0. The Kier molecular flexibility index (Phi) is 8.29. The summed E-state index contributed by atoms with van der Waals surface area (Å²) in [6.07, 6.45) is 3.13. The number of nitrogens with zero attached hydrogens (tertiary/aromatic N) is 2. The van der Waals surface area contributed by atoms with Crippen LogP contribution in [0.25, 0.3) is 0 Å². The summed E-state index contributed by atoms with van der Waals surface area (Å²) in [7, 11) is 0. The van der Waals surface area contributed by atoms with Gasteiger partial charge < -0.3 is 19.3 Å². The summed E-state index contributed by atoms with van der Waals surface area (Å²) in [6, 6.07) is 2.64. The summed E-state index contributed by atoms with van der Waals surface area (Å²) in [6.45, 7) is 12.0. The quantitative estimate of drug-likeness (QED) is 0.549. The van der Waals surface area contributed by atoms with Crippen molar-refractivity contribution >= 4 is 35.1 Å². The largest absolute Gasteiger partial charge is 0.458 e.